The Bertz CT molecular complexity index is 1030. The number of amides is 1. The van der Waals surface area contributed by atoms with Gasteiger partial charge in [-0.3, -0.25) is 4.79 Å². The van der Waals surface area contributed by atoms with Gasteiger partial charge in [-0.1, -0.05) is 41.5 Å². The van der Waals surface area contributed by atoms with Gasteiger partial charge in [0, 0.05) is 17.1 Å². The molecule has 0 N–H and O–H groups in total. The molecule has 0 atom stereocenters. The van der Waals surface area contributed by atoms with Crippen LogP contribution in [-0.2, 0) is 11.3 Å². The first-order valence-electron chi connectivity index (χ1n) is 8.67. The molecule has 6 heteroatoms. The quantitative estimate of drug-likeness (QED) is 0.441. The van der Waals surface area contributed by atoms with Crippen LogP contribution in [0.5, 0.6) is 5.75 Å². The summed E-state index contributed by atoms with van der Waals surface area (Å²) in [7, 11) is 0. The van der Waals surface area contributed by atoms with Gasteiger partial charge >= 0.3 is 0 Å². The van der Waals surface area contributed by atoms with Gasteiger partial charge in [-0.25, -0.2) is 0 Å². The van der Waals surface area contributed by atoms with Crippen molar-refractivity contribution in [2.45, 2.75) is 24.8 Å². The monoisotopic (exact) mass is 396 g/mol. The summed E-state index contributed by atoms with van der Waals surface area (Å²) >= 11 is 3.11. The molecule has 1 heterocycles. The van der Waals surface area contributed by atoms with Gasteiger partial charge in [0.2, 0.25) is 5.91 Å². The summed E-state index contributed by atoms with van der Waals surface area (Å²) in [6.45, 7) is 2.85. The summed E-state index contributed by atoms with van der Waals surface area (Å²) < 4.78 is 8.61. The van der Waals surface area contributed by atoms with Crippen molar-refractivity contribution in [1.82, 2.24) is 4.57 Å². The minimum absolute atomic E-state index is 0.145. The zero-order valence-corrected chi connectivity index (χ0v) is 16.7. The van der Waals surface area contributed by atoms with E-state index < -0.39 is 0 Å². The second-order valence-electron chi connectivity index (χ2n) is 5.63. The van der Waals surface area contributed by atoms with E-state index in [1.807, 2.05) is 60.0 Å². The Kier molecular flexibility index (Phi) is 6.74. The second kappa shape index (κ2) is 9.45. The maximum Gasteiger partial charge on any atom is 0.249 e. The van der Waals surface area contributed by atoms with Crippen LogP contribution in [0, 0.1) is 12.3 Å². The molecule has 0 fully saturated rings. The number of thiazole rings is 1. The summed E-state index contributed by atoms with van der Waals surface area (Å²) in [6.07, 6.45) is 5.92. The van der Waals surface area contributed by atoms with Gasteiger partial charge < -0.3 is 9.30 Å². The van der Waals surface area contributed by atoms with Crippen molar-refractivity contribution < 1.29 is 9.53 Å². The zero-order chi connectivity index (χ0) is 19.1. The molecule has 2 aromatic carbocycles. The molecule has 0 aliphatic rings. The summed E-state index contributed by atoms with van der Waals surface area (Å²) in [5, 5.41) is 0. The van der Waals surface area contributed by atoms with Gasteiger partial charge in [0.05, 0.1) is 17.9 Å². The summed E-state index contributed by atoms with van der Waals surface area (Å²) in [5.41, 5.74) is 0.896. The van der Waals surface area contributed by atoms with Crippen LogP contribution in [0.15, 0.2) is 58.4 Å². The summed E-state index contributed by atoms with van der Waals surface area (Å²) in [4.78, 5) is 18.5. The summed E-state index contributed by atoms with van der Waals surface area (Å²) in [6, 6.07) is 15.9. The summed E-state index contributed by atoms with van der Waals surface area (Å²) in [5.74, 6) is 3.95. The van der Waals surface area contributed by atoms with E-state index in [0.717, 1.165) is 20.9 Å². The van der Waals surface area contributed by atoms with Crippen LogP contribution in [0.25, 0.3) is 10.2 Å². The van der Waals surface area contributed by atoms with Crippen molar-refractivity contribution >= 4 is 39.2 Å². The molecular weight excluding hydrogens is 376 g/mol. The van der Waals surface area contributed by atoms with Gasteiger partial charge in [-0.2, -0.15) is 4.99 Å². The van der Waals surface area contributed by atoms with Crippen molar-refractivity contribution in [1.29, 1.82) is 0 Å². The third-order valence-electron chi connectivity index (χ3n) is 3.76. The Morgan fingerprint density at radius 1 is 1.26 bits per heavy atom. The number of ether oxygens (including phenoxy) is 1. The van der Waals surface area contributed by atoms with E-state index in [-0.39, 0.29) is 5.91 Å². The van der Waals surface area contributed by atoms with E-state index in [2.05, 4.69) is 10.9 Å². The Morgan fingerprint density at radius 2 is 2.07 bits per heavy atom. The predicted octanol–water partition coefficient (Wildman–Crippen LogP) is 4.34. The molecule has 1 amide bonds. The van der Waals surface area contributed by atoms with Gasteiger partial charge in [0.1, 0.15) is 11.3 Å². The first-order chi connectivity index (χ1) is 13.2. The van der Waals surface area contributed by atoms with Crippen LogP contribution in [-0.4, -0.2) is 22.8 Å². The Balaban J connectivity index is 1.84. The predicted molar refractivity (Wildman–Crippen MR) is 112 cm³/mol. The topological polar surface area (TPSA) is 43.6 Å². The highest BCUT2D eigenvalue weighted by Gasteiger charge is 2.12. The van der Waals surface area contributed by atoms with Crippen LogP contribution >= 0.6 is 23.1 Å². The number of rotatable bonds is 7. The number of carbonyl (C=O) groups excluding carboxylic acids is 1. The van der Waals surface area contributed by atoms with Crippen LogP contribution in [0.1, 0.15) is 13.3 Å². The maximum atomic E-state index is 12.4. The molecule has 0 saturated carbocycles. The molecule has 0 bridgehead atoms. The molecule has 0 aliphatic heterocycles. The van der Waals surface area contributed by atoms with Crippen LogP contribution in [0.4, 0.5) is 0 Å². The number of aromatic nitrogens is 1. The molecule has 1 aromatic heterocycles. The van der Waals surface area contributed by atoms with E-state index in [4.69, 9.17) is 11.2 Å². The smallest absolute Gasteiger partial charge is 0.249 e. The zero-order valence-electron chi connectivity index (χ0n) is 15.1. The number of hydrogen-bond acceptors (Lipinski definition) is 4. The van der Waals surface area contributed by atoms with E-state index in [9.17, 15) is 4.79 Å². The molecule has 0 radical (unpaired) electrons. The number of terminal acetylenes is 1. The minimum Gasteiger partial charge on any atom is -0.492 e. The second-order valence-corrected chi connectivity index (χ2v) is 7.81. The maximum absolute atomic E-state index is 12.4. The molecule has 27 heavy (non-hydrogen) atoms. The molecule has 0 spiro atoms. The van der Waals surface area contributed by atoms with E-state index in [1.165, 1.54) is 11.3 Å². The first-order valence-corrected chi connectivity index (χ1v) is 10.5. The molecule has 4 nitrogen and oxygen atoms in total. The largest absolute Gasteiger partial charge is 0.492 e. The average molecular weight is 397 g/mol. The lowest BCUT2D eigenvalue weighted by atomic mass is 10.3. The Labute approximate surface area is 166 Å². The fraction of sp³-hybridized carbons (Fsp3) is 0.238. The van der Waals surface area contributed by atoms with Gasteiger partial charge in [0.25, 0.3) is 0 Å². The lowest BCUT2D eigenvalue weighted by Gasteiger charge is -2.07. The minimum atomic E-state index is -0.145. The lowest BCUT2D eigenvalue weighted by Crippen LogP contribution is -2.17. The van der Waals surface area contributed by atoms with Gasteiger partial charge in [0.15, 0.2) is 4.80 Å². The number of para-hydroxylation sites is 1. The van der Waals surface area contributed by atoms with Crippen LogP contribution in [0.2, 0.25) is 0 Å². The number of hydrogen-bond donors (Lipinski definition) is 0. The van der Waals surface area contributed by atoms with Gasteiger partial charge in [-0.15, -0.1) is 18.2 Å². The highest BCUT2D eigenvalue weighted by Crippen LogP contribution is 2.27. The fourth-order valence-electron chi connectivity index (χ4n) is 2.63. The highest BCUT2D eigenvalue weighted by molar-refractivity contribution is 7.99. The standard InChI is InChI=1S/C21H20N2O2S2/c1-3-14-23-20-17(25-4-2)11-8-12-18(20)27-21(23)22-19(24)13-15-26-16-9-6-5-7-10-16/h1,5-12H,4,13-15H2,2H3. The third-order valence-corrected chi connectivity index (χ3v) is 5.82. The van der Waals surface area contributed by atoms with Crippen LogP contribution < -0.4 is 9.54 Å². The molecule has 3 rings (SSSR count). The number of benzene rings is 2. The fourth-order valence-corrected chi connectivity index (χ4v) is 4.55. The van der Waals surface area contributed by atoms with E-state index in [0.29, 0.717) is 30.1 Å². The van der Waals surface area contributed by atoms with Crippen molar-refractivity contribution in [2.24, 2.45) is 4.99 Å². The lowest BCUT2D eigenvalue weighted by molar-refractivity contribution is -0.117. The molecular formula is C21H20N2O2S2. The number of nitrogens with zero attached hydrogens (tertiary/aromatic N) is 2. The number of fused-ring (bicyclic) bond motifs is 1. The van der Waals surface area contributed by atoms with E-state index >= 15 is 0 Å². The van der Waals surface area contributed by atoms with Crippen molar-refractivity contribution in [3.8, 4) is 18.1 Å². The molecule has 0 aliphatic carbocycles. The molecule has 0 saturated heterocycles. The first kappa shape index (κ1) is 19.3. The van der Waals surface area contributed by atoms with Crippen molar-refractivity contribution in [3.63, 3.8) is 0 Å². The molecule has 138 valence electrons. The third kappa shape index (κ3) is 4.82. The van der Waals surface area contributed by atoms with Crippen molar-refractivity contribution in [2.75, 3.05) is 12.4 Å². The highest BCUT2D eigenvalue weighted by atomic mass is 32.2. The normalized spacial score (nSPS) is 11.5. The number of carbonyl (C=O) groups is 1. The molecule has 0 unspecified atom stereocenters. The SMILES string of the molecule is C#CCn1c(=NC(=O)CCSc2ccccc2)sc2cccc(OCC)c21. The van der Waals surface area contributed by atoms with Crippen LogP contribution in [0.3, 0.4) is 0 Å². The Morgan fingerprint density at radius 3 is 2.81 bits per heavy atom. The average Bonchev–Trinajstić information content (AvgIpc) is 3.01. The molecule has 3 aromatic rings. The number of thioether (sulfide) groups is 1. The van der Waals surface area contributed by atoms with Crippen molar-refractivity contribution in [3.05, 3.63) is 53.3 Å². The van der Waals surface area contributed by atoms with Gasteiger partial charge in [-0.05, 0) is 31.2 Å². The Hall–Kier alpha value is -2.49. The van der Waals surface area contributed by atoms with E-state index in [1.54, 1.807) is 11.8 Å².